The Morgan fingerprint density at radius 1 is 0.408 bits per heavy atom. The number of hydrogen-bond donors (Lipinski definition) is 0. The largest absolute Gasteiger partial charge is 0.545 e. The second kappa shape index (κ2) is 56.9. The molecule has 0 saturated heterocycles. The zero-order valence-electron chi connectivity index (χ0n) is 49.1. The highest BCUT2D eigenvalue weighted by Gasteiger charge is 2.22. The fourth-order valence-corrected chi connectivity index (χ4v) is 7.82. The van der Waals surface area contributed by atoms with Crippen LogP contribution >= 0.6 is 0 Å². The van der Waals surface area contributed by atoms with Crippen molar-refractivity contribution >= 4 is 17.9 Å². The van der Waals surface area contributed by atoms with Gasteiger partial charge >= 0.3 is 11.9 Å². The van der Waals surface area contributed by atoms with Gasteiger partial charge in [-0.2, -0.15) is 0 Å². The van der Waals surface area contributed by atoms with Crippen molar-refractivity contribution in [2.45, 2.75) is 238 Å². The summed E-state index contributed by atoms with van der Waals surface area (Å²) in [5, 5.41) is 11.8. The Labute approximate surface area is 466 Å². The molecule has 0 N–H and O–H groups in total. The number of nitrogens with zero attached hydrogens (tertiary/aromatic N) is 1. The van der Waals surface area contributed by atoms with Gasteiger partial charge < -0.3 is 33.3 Å². The molecule has 0 radical (unpaired) electrons. The van der Waals surface area contributed by atoms with E-state index in [2.05, 4.69) is 135 Å². The third-order valence-corrected chi connectivity index (χ3v) is 12.4. The molecule has 0 aromatic carbocycles. The molecule has 2 unspecified atom stereocenters. The average Bonchev–Trinajstić information content (AvgIpc) is 3.39. The Morgan fingerprint density at radius 2 is 0.750 bits per heavy atom. The third-order valence-electron chi connectivity index (χ3n) is 12.4. The third kappa shape index (κ3) is 57.4. The van der Waals surface area contributed by atoms with Crippen LogP contribution in [-0.4, -0.2) is 82.3 Å². The number of aliphatic carboxylic acids is 1. The molecular weight excluding hydrogens is 947 g/mol. The molecule has 0 spiro atoms. The van der Waals surface area contributed by atoms with Crippen LogP contribution < -0.4 is 5.11 Å². The van der Waals surface area contributed by atoms with Gasteiger partial charge in [0.05, 0.1) is 40.3 Å². The van der Waals surface area contributed by atoms with Crippen molar-refractivity contribution in [1.82, 2.24) is 0 Å². The number of allylic oxidation sites excluding steroid dienone is 20. The molecule has 0 aromatic rings. The second-order valence-corrected chi connectivity index (χ2v) is 20.9. The Balaban J connectivity index is 4.11. The fourth-order valence-electron chi connectivity index (χ4n) is 7.82. The number of ether oxygens (including phenoxy) is 4. The number of esters is 2. The standard InChI is InChI=1S/C67H111NO8/c1-6-8-10-12-14-16-18-20-21-22-23-24-25-26-27-28-29-30-31-32-33-34-35-36-37-38-39-40-41-42-43-44-45-46-48-50-52-54-56-58-65(70)76-63(62-75-67(66(71)72)73-60-59-68(3,4)5)61-74-64(69)57-55-53-51-49-47-19-17-15-13-11-9-7-2/h8,10,14-17,20-21,23-24,26-27,29-30,32-33,35-36,38-39,63,67H,6-7,9,11-13,18-19,22,25,28,31,34,37,40-62H2,1-5H3/b10-8-,16-14-,17-15-,21-20-,24-23-,27-26-,30-29-,33-32-,36-35-,39-38-. The molecule has 9 heteroatoms. The van der Waals surface area contributed by atoms with Crippen molar-refractivity contribution in [3.05, 3.63) is 122 Å². The smallest absolute Gasteiger partial charge is 0.306 e. The van der Waals surface area contributed by atoms with Crippen LogP contribution in [0, 0.1) is 0 Å². The van der Waals surface area contributed by atoms with Crippen molar-refractivity contribution in [2.75, 3.05) is 47.5 Å². The van der Waals surface area contributed by atoms with Gasteiger partial charge in [-0.1, -0.05) is 225 Å². The van der Waals surface area contributed by atoms with Gasteiger partial charge in [-0.05, 0) is 109 Å². The number of carbonyl (C=O) groups is 3. The van der Waals surface area contributed by atoms with Crippen LogP contribution in [0.1, 0.15) is 226 Å². The first-order valence-corrected chi connectivity index (χ1v) is 30.2. The van der Waals surface area contributed by atoms with Gasteiger partial charge in [-0.15, -0.1) is 0 Å². The molecule has 0 bridgehead atoms. The number of rotatable bonds is 54. The van der Waals surface area contributed by atoms with E-state index in [1.165, 1.54) is 70.6 Å². The lowest BCUT2D eigenvalue weighted by molar-refractivity contribution is -0.870. The van der Waals surface area contributed by atoms with Crippen molar-refractivity contribution in [3.63, 3.8) is 0 Å². The first kappa shape index (κ1) is 71.7. The first-order valence-electron chi connectivity index (χ1n) is 30.2. The lowest BCUT2D eigenvalue weighted by Gasteiger charge is -2.26. The van der Waals surface area contributed by atoms with E-state index >= 15 is 0 Å². The number of carbonyl (C=O) groups excluding carboxylic acids is 3. The van der Waals surface area contributed by atoms with Crippen molar-refractivity contribution in [3.8, 4) is 0 Å². The van der Waals surface area contributed by atoms with Crippen LogP contribution in [0.25, 0.3) is 0 Å². The summed E-state index contributed by atoms with van der Waals surface area (Å²) >= 11 is 0. The van der Waals surface area contributed by atoms with Crippen molar-refractivity contribution < 1.29 is 42.9 Å². The maximum Gasteiger partial charge on any atom is 0.306 e. The number of likely N-dealkylation sites (N-methyl/N-ethyl adjacent to an activating group) is 1. The molecule has 0 amide bonds. The highest BCUT2D eigenvalue weighted by atomic mass is 16.7. The summed E-state index contributed by atoms with van der Waals surface area (Å²) in [7, 11) is 5.91. The summed E-state index contributed by atoms with van der Waals surface area (Å²) in [6.45, 7) is 4.58. The van der Waals surface area contributed by atoms with Crippen molar-refractivity contribution in [1.29, 1.82) is 0 Å². The molecule has 0 aliphatic carbocycles. The number of quaternary nitrogens is 1. The van der Waals surface area contributed by atoms with E-state index < -0.39 is 24.3 Å². The van der Waals surface area contributed by atoms with E-state index in [1.807, 2.05) is 21.1 Å². The predicted octanol–water partition coefficient (Wildman–Crippen LogP) is 16.7. The zero-order valence-corrected chi connectivity index (χ0v) is 49.1. The molecule has 0 fully saturated rings. The topological polar surface area (TPSA) is 111 Å². The molecule has 0 aliphatic rings. The van der Waals surface area contributed by atoms with Crippen LogP contribution in [0.2, 0.25) is 0 Å². The Bertz CT molecular complexity index is 1660. The van der Waals surface area contributed by atoms with Gasteiger partial charge in [0.25, 0.3) is 0 Å². The maximum atomic E-state index is 12.8. The Kier molecular flexibility index (Phi) is 53.7. The van der Waals surface area contributed by atoms with Crippen molar-refractivity contribution in [2.24, 2.45) is 0 Å². The number of carboxylic acid groups (broad SMARTS) is 1. The summed E-state index contributed by atoms with van der Waals surface area (Å²) in [5.74, 6) is -2.31. The summed E-state index contributed by atoms with van der Waals surface area (Å²) in [6.07, 6.45) is 76.9. The molecule has 9 nitrogen and oxygen atoms in total. The zero-order chi connectivity index (χ0) is 55.5. The summed E-state index contributed by atoms with van der Waals surface area (Å²) in [4.78, 5) is 37.2. The molecule has 0 aromatic heterocycles. The number of hydrogen-bond acceptors (Lipinski definition) is 8. The molecule has 0 saturated carbocycles. The summed E-state index contributed by atoms with van der Waals surface area (Å²) < 4.78 is 22.6. The lowest BCUT2D eigenvalue weighted by Crippen LogP contribution is -2.44. The van der Waals surface area contributed by atoms with Gasteiger partial charge in [0.15, 0.2) is 12.4 Å². The molecule has 76 heavy (non-hydrogen) atoms. The maximum absolute atomic E-state index is 12.8. The second-order valence-electron chi connectivity index (χ2n) is 20.9. The molecule has 2 atom stereocenters. The first-order chi connectivity index (χ1) is 37.1. The van der Waals surface area contributed by atoms with E-state index in [-0.39, 0.29) is 38.6 Å². The van der Waals surface area contributed by atoms with Gasteiger partial charge in [-0.3, -0.25) is 9.59 Å². The minimum Gasteiger partial charge on any atom is -0.545 e. The van der Waals surface area contributed by atoms with E-state index in [4.69, 9.17) is 18.9 Å². The molecular formula is C67H111NO8. The van der Waals surface area contributed by atoms with Crippen LogP contribution in [0.3, 0.4) is 0 Å². The van der Waals surface area contributed by atoms with Crippen LogP contribution in [0.15, 0.2) is 122 Å². The quantitative estimate of drug-likeness (QED) is 0.0195. The predicted molar refractivity (Wildman–Crippen MR) is 320 cm³/mol. The number of unbranched alkanes of at least 4 members (excludes halogenated alkanes) is 19. The highest BCUT2D eigenvalue weighted by molar-refractivity contribution is 5.70. The van der Waals surface area contributed by atoms with Gasteiger partial charge in [0.2, 0.25) is 0 Å². The number of carboxylic acids is 1. The molecule has 0 rings (SSSR count). The highest BCUT2D eigenvalue weighted by Crippen LogP contribution is 2.15. The van der Waals surface area contributed by atoms with E-state index in [1.54, 1.807) is 0 Å². The Morgan fingerprint density at radius 3 is 1.13 bits per heavy atom. The van der Waals surface area contributed by atoms with Gasteiger partial charge in [0.1, 0.15) is 13.2 Å². The van der Waals surface area contributed by atoms with Crippen LogP contribution in [0.4, 0.5) is 0 Å². The van der Waals surface area contributed by atoms with Crippen LogP contribution in [0.5, 0.6) is 0 Å². The van der Waals surface area contributed by atoms with Crippen LogP contribution in [-0.2, 0) is 33.3 Å². The van der Waals surface area contributed by atoms with E-state index in [0.29, 0.717) is 17.4 Å². The lowest BCUT2D eigenvalue weighted by atomic mass is 10.0. The van der Waals surface area contributed by atoms with E-state index in [0.717, 1.165) is 122 Å². The van der Waals surface area contributed by atoms with Gasteiger partial charge in [0, 0.05) is 12.8 Å². The summed E-state index contributed by atoms with van der Waals surface area (Å²) in [5.41, 5.74) is 0. The molecule has 432 valence electrons. The minimum atomic E-state index is -1.63. The monoisotopic (exact) mass is 1060 g/mol. The van der Waals surface area contributed by atoms with Gasteiger partial charge in [-0.25, -0.2) is 0 Å². The summed E-state index contributed by atoms with van der Waals surface area (Å²) in [6, 6.07) is 0. The minimum absolute atomic E-state index is 0.141. The molecule has 0 heterocycles. The molecule has 0 aliphatic heterocycles. The van der Waals surface area contributed by atoms with E-state index in [9.17, 15) is 19.5 Å². The normalized spacial score (nSPS) is 13.6. The Hall–Kier alpha value is -4.31. The average molecular weight is 1060 g/mol. The fraction of sp³-hybridized carbons (Fsp3) is 0.657. The SMILES string of the molecule is CC/C=C\C/C=C\C/C=C\C/C=C\C/C=C\C/C=C\C/C=C\C/C=C\C/C=C\CCCCCCCCCCCCCC(=O)OC(COC(=O)CCCCCCC/C=C\CCCCC)COC(OCC[N+](C)(C)C)C(=O)[O-].